The molecule has 17 heavy (non-hydrogen) atoms. The molecular weight excluding hydrogens is 222 g/mol. The van der Waals surface area contributed by atoms with Crippen LogP contribution < -0.4 is 0 Å². The van der Waals surface area contributed by atoms with E-state index in [1.807, 2.05) is 0 Å². The number of ketones is 1. The maximum atomic E-state index is 13.0. The lowest BCUT2D eigenvalue weighted by atomic mass is 9.97. The number of benzene rings is 1. The number of hydrogen-bond donors (Lipinski definition) is 0. The smallest absolute Gasteiger partial charge is 0.162 e. The summed E-state index contributed by atoms with van der Waals surface area (Å²) < 4.78 is 25.7. The molecule has 1 fully saturated rings. The fraction of sp³-hybridized carbons (Fsp3) is 0.500. The van der Waals surface area contributed by atoms with E-state index in [-0.39, 0.29) is 11.3 Å². The van der Waals surface area contributed by atoms with Crippen LogP contribution in [0, 0.1) is 17.6 Å². The predicted molar refractivity (Wildman–Crippen MR) is 61.9 cm³/mol. The van der Waals surface area contributed by atoms with E-state index in [0.717, 1.165) is 18.6 Å². The molecule has 0 radical (unpaired) electrons. The van der Waals surface area contributed by atoms with Crippen molar-refractivity contribution in [2.45, 2.75) is 38.5 Å². The summed E-state index contributed by atoms with van der Waals surface area (Å²) in [4.78, 5) is 11.8. The molecule has 1 nitrogen and oxygen atoms in total. The lowest BCUT2D eigenvalue weighted by molar-refractivity contribution is 0.0973. The van der Waals surface area contributed by atoms with E-state index in [1.165, 1.54) is 31.7 Å². The summed E-state index contributed by atoms with van der Waals surface area (Å²) >= 11 is 0. The molecule has 92 valence electrons. The van der Waals surface area contributed by atoms with Crippen molar-refractivity contribution in [2.24, 2.45) is 5.92 Å². The van der Waals surface area contributed by atoms with E-state index >= 15 is 0 Å². The fourth-order valence-corrected chi connectivity index (χ4v) is 2.45. The van der Waals surface area contributed by atoms with Gasteiger partial charge >= 0.3 is 0 Å². The van der Waals surface area contributed by atoms with E-state index in [4.69, 9.17) is 0 Å². The number of carbonyl (C=O) groups is 1. The molecule has 0 amide bonds. The first-order valence-electron chi connectivity index (χ1n) is 6.15. The second-order valence-electron chi connectivity index (χ2n) is 4.74. The number of carbonyl (C=O) groups excluding carboxylic acids is 1. The van der Waals surface area contributed by atoms with Crippen molar-refractivity contribution in [1.29, 1.82) is 0 Å². The van der Waals surface area contributed by atoms with E-state index in [2.05, 4.69) is 0 Å². The second-order valence-corrected chi connectivity index (χ2v) is 4.74. The Hall–Kier alpha value is -1.25. The summed E-state index contributed by atoms with van der Waals surface area (Å²) in [6, 6.07) is 3.36. The molecule has 0 N–H and O–H groups in total. The number of rotatable bonds is 4. The lowest BCUT2D eigenvalue weighted by Gasteiger charge is -2.07. The zero-order valence-electron chi connectivity index (χ0n) is 9.72. The fourth-order valence-electron chi connectivity index (χ4n) is 2.45. The van der Waals surface area contributed by atoms with Gasteiger partial charge < -0.3 is 0 Å². The molecule has 1 aliphatic carbocycles. The largest absolute Gasteiger partial charge is 0.294 e. The molecule has 1 aromatic rings. The van der Waals surface area contributed by atoms with Crippen LogP contribution in [0.2, 0.25) is 0 Å². The van der Waals surface area contributed by atoms with Crippen molar-refractivity contribution in [2.75, 3.05) is 0 Å². The molecule has 0 aliphatic heterocycles. The molecule has 0 aromatic heterocycles. The topological polar surface area (TPSA) is 17.1 Å². The molecule has 0 spiro atoms. The minimum Gasteiger partial charge on any atom is -0.294 e. The van der Waals surface area contributed by atoms with E-state index in [0.29, 0.717) is 12.3 Å². The van der Waals surface area contributed by atoms with Gasteiger partial charge in [0.1, 0.15) is 0 Å². The van der Waals surface area contributed by atoms with Crippen LogP contribution in [0.1, 0.15) is 48.9 Å². The van der Waals surface area contributed by atoms with Gasteiger partial charge in [-0.05, 0) is 30.5 Å². The van der Waals surface area contributed by atoms with Crippen LogP contribution in [0.4, 0.5) is 8.78 Å². The van der Waals surface area contributed by atoms with Crippen molar-refractivity contribution in [3.63, 3.8) is 0 Å². The molecule has 1 saturated carbocycles. The summed E-state index contributed by atoms with van der Waals surface area (Å²) in [6.07, 6.45) is 6.22. The van der Waals surface area contributed by atoms with Gasteiger partial charge in [-0.15, -0.1) is 0 Å². The third-order valence-electron chi connectivity index (χ3n) is 3.50. The third kappa shape index (κ3) is 3.11. The monoisotopic (exact) mass is 238 g/mol. The van der Waals surface area contributed by atoms with E-state index in [9.17, 15) is 13.6 Å². The number of Topliss-reactive ketones (excluding diaryl/α,β-unsaturated/α-hetero) is 1. The Labute approximate surface area is 99.8 Å². The Balaban J connectivity index is 1.92. The third-order valence-corrected chi connectivity index (χ3v) is 3.50. The van der Waals surface area contributed by atoms with Gasteiger partial charge in [0.25, 0.3) is 0 Å². The molecule has 1 aromatic carbocycles. The Bertz CT molecular complexity index is 409. The quantitative estimate of drug-likeness (QED) is 0.721. The van der Waals surface area contributed by atoms with Crippen molar-refractivity contribution in [3.05, 3.63) is 35.4 Å². The first-order chi connectivity index (χ1) is 8.16. The standard InChI is InChI=1S/C14H16F2O/c15-12-7-6-11(9-13(12)16)14(17)8-5-10-3-1-2-4-10/h6-7,9-10H,1-5,8H2. The van der Waals surface area contributed by atoms with Crippen LogP contribution in [0.15, 0.2) is 18.2 Å². The summed E-state index contributed by atoms with van der Waals surface area (Å²) in [5.41, 5.74) is 0.280. The van der Waals surface area contributed by atoms with Crippen LogP contribution in [-0.4, -0.2) is 5.78 Å². The van der Waals surface area contributed by atoms with Crippen molar-refractivity contribution in [3.8, 4) is 0 Å². The van der Waals surface area contributed by atoms with Gasteiger partial charge in [-0.25, -0.2) is 8.78 Å². The molecule has 3 heteroatoms. The molecular formula is C14H16F2O. The van der Waals surface area contributed by atoms with Crippen molar-refractivity contribution < 1.29 is 13.6 Å². The SMILES string of the molecule is O=C(CCC1CCCC1)c1ccc(F)c(F)c1. The van der Waals surface area contributed by atoms with Gasteiger partial charge in [0.2, 0.25) is 0 Å². The van der Waals surface area contributed by atoms with Crippen molar-refractivity contribution >= 4 is 5.78 Å². The van der Waals surface area contributed by atoms with Gasteiger partial charge in [0, 0.05) is 12.0 Å². The highest BCUT2D eigenvalue weighted by Crippen LogP contribution is 2.29. The van der Waals surface area contributed by atoms with Gasteiger partial charge in [-0.2, -0.15) is 0 Å². The molecule has 0 atom stereocenters. The van der Waals surface area contributed by atoms with Crippen molar-refractivity contribution in [1.82, 2.24) is 0 Å². The Morgan fingerprint density at radius 3 is 2.53 bits per heavy atom. The highest BCUT2D eigenvalue weighted by atomic mass is 19.2. The Morgan fingerprint density at radius 1 is 1.18 bits per heavy atom. The zero-order chi connectivity index (χ0) is 12.3. The van der Waals surface area contributed by atoms with Crippen LogP contribution >= 0.6 is 0 Å². The number of hydrogen-bond acceptors (Lipinski definition) is 1. The zero-order valence-corrected chi connectivity index (χ0v) is 9.72. The van der Waals surface area contributed by atoms with Crippen LogP contribution in [0.3, 0.4) is 0 Å². The van der Waals surface area contributed by atoms with Gasteiger partial charge in [0.15, 0.2) is 17.4 Å². The molecule has 0 unspecified atom stereocenters. The van der Waals surface area contributed by atoms with Gasteiger partial charge in [-0.1, -0.05) is 25.7 Å². The summed E-state index contributed by atoms with van der Waals surface area (Å²) in [6.45, 7) is 0. The molecule has 1 aliphatic rings. The molecule has 0 bridgehead atoms. The summed E-state index contributed by atoms with van der Waals surface area (Å²) in [5, 5.41) is 0. The predicted octanol–water partition coefficient (Wildman–Crippen LogP) is 4.12. The van der Waals surface area contributed by atoms with Crippen LogP contribution in [0.25, 0.3) is 0 Å². The number of halogens is 2. The lowest BCUT2D eigenvalue weighted by Crippen LogP contribution is -2.04. The first kappa shape index (κ1) is 12.2. The average molecular weight is 238 g/mol. The summed E-state index contributed by atoms with van der Waals surface area (Å²) in [5.74, 6) is -1.30. The Morgan fingerprint density at radius 2 is 1.88 bits per heavy atom. The molecule has 0 heterocycles. The highest BCUT2D eigenvalue weighted by molar-refractivity contribution is 5.96. The van der Waals surface area contributed by atoms with Crippen LogP contribution in [-0.2, 0) is 0 Å². The normalized spacial score (nSPS) is 16.4. The maximum Gasteiger partial charge on any atom is 0.162 e. The highest BCUT2D eigenvalue weighted by Gasteiger charge is 2.17. The average Bonchev–Trinajstić information content (AvgIpc) is 2.82. The maximum absolute atomic E-state index is 13.0. The van der Waals surface area contributed by atoms with E-state index in [1.54, 1.807) is 0 Å². The minimum atomic E-state index is -0.947. The summed E-state index contributed by atoms with van der Waals surface area (Å²) in [7, 11) is 0. The van der Waals surface area contributed by atoms with E-state index < -0.39 is 11.6 Å². The first-order valence-corrected chi connectivity index (χ1v) is 6.15. The minimum absolute atomic E-state index is 0.0872. The molecule has 0 saturated heterocycles. The van der Waals surface area contributed by atoms with Gasteiger partial charge in [-0.3, -0.25) is 4.79 Å². The van der Waals surface area contributed by atoms with Gasteiger partial charge in [0.05, 0.1) is 0 Å². The van der Waals surface area contributed by atoms with Crippen LogP contribution in [0.5, 0.6) is 0 Å². The Kier molecular flexibility index (Phi) is 3.87. The second kappa shape index (κ2) is 5.39. The molecule has 2 rings (SSSR count).